The first kappa shape index (κ1) is 54.6. The van der Waals surface area contributed by atoms with Crippen molar-refractivity contribution in [2.45, 2.75) is 70.9 Å². The van der Waals surface area contributed by atoms with E-state index >= 15 is 0 Å². The molecule has 1 N–H and O–H groups in total. The fourth-order valence-electron chi connectivity index (χ4n) is 9.56. The van der Waals surface area contributed by atoms with Gasteiger partial charge in [0.1, 0.15) is 16.7 Å². The molecule has 0 saturated carbocycles. The first-order valence-electron chi connectivity index (χ1n) is 26.0. The maximum Gasteiger partial charge on any atom is 0.331 e. The second-order valence-corrected chi connectivity index (χ2v) is 19.3. The van der Waals surface area contributed by atoms with Crippen molar-refractivity contribution in [2.24, 2.45) is 21.1 Å². The summed E-state index contributed by atoms with van der Waals surface area (Å²) in [5, 5.41) is 4.99. The number of alkyl halides is 1. The molecule has 0 spiro atoms. The first-order chi connectivity index (χ1) is 38.4. The Hall–Kier alpha value is -9.16. The molecule has 0 bridgehead atoms. The van der Waals surface area contributed by atoms with Crippen molar-refractivity contribution in [1.82, 2.24) is 42.8 Å². The second-order valence-electron chi connectivity index (χ2n) is 18.9. The molecule has 0 saturated heterocycles. The maximum absolute atomic E-state index is 12.6. The molecule has 0 fully saturated rings. The highest BCUT2D eigenvalue weighted by Crippen LogP contribution is 2.25. The zero-order valence-corrected chi connectivity index (χ0v) is 44.7. The largest absolute Gasteiger partial charge is 0.464 e. The summed E-state index contributed by atoms with van der Waals surface area (Å²) in [5.41, 5.74) is 6.11. The monoisotopic (exact) mass is 1080 g/mol. The van der Waals surface area contributed by atoms with Gasteiger partial charge < -0.3 is 13.3 Å². The average molecular weight is 1080 g/mol. The van der Waals surface area contributed by atoms with Crippen molar-refractivity contribution in [1.29, 1.82) is 0 Å². The van der Waals surface area contributed by atoms with Gasteiger partial charge in [-0.05, 0) is 111 Å². The minimum Gasteiger partial charge on any atom is -0.464 e. The predicted molar refractivity (Wildman–Crippen MR) is 308 cm³/mol. The molecule has 18 nitrogen and oxygen atoms in total. The van der Waals surface area contributed by atoms with Gasteiger partial charge in [-0.2, -0.15) is 0 Å². The van der Waals surface area contributed by atoms with E-state index in [1.54, 1.807) is 76.7 Å². The smallest absolute Gasteiger partial charge is 0.331 e. The van der Waals surface area contributed by atoms with Crippen molar-refractivity contribution in [2.75, 3.05) is 5.88 Å². The Morgan fingerprint density at radius 3 is 1.22 bits per heavy atom. The number of aromatic amines is 1. The number of para-hydroxylation sites is 3. The van der Waals surface area contributed by atoms with Crippen LogP contribution in [0.3, 0.4) is 0 Å². The van der Waals surface area contributed by atoms with Gasteiger partial charge in [0.15, 0.2) is 0 Å². The number of aryl methyl sites for hydroxylation is 6. The molecule has 0 amide bonds. The summed E-state index contributed by atoms with van der Waals surface area (Å²) in [7, 11) is 4.92. The van der Waals surface area contributed by atoms with E-state index in [-0.39, 0.29) is 28.1 Å². The number of nitrogens with zero attached hydrogens (tertiary/aromatic N) is 8. The molecule has 3 aromatic carbocycles. The SMILES string of the molecule is ClCCCCc1coc2ccccc12.Cn1c(=O)[nH]c(=O)c2ccncc21.Cn1c(=O)n(CCCCc2coc3ccccc23)c(=O)c2ccncc21.Cn1c(=O)n(CCCCc2coc3ccccc23)c(=O)c2ccncc21. The van der Waals surface area contributed by atoms with E-state index in [1.165, 1.54) is 46.2 Å². The molecule has 19 heteroatoms. The summed E-state index contributed by atoms with van der Waals surface area (Å²) in [6.07, 6.45) is 22.9. The Kier molecular flexibility index (Phi) is 17.5. The number of halogens is 1. The van der Waals surface area contributed by atoms with Crippen molar-refractivity contribution < 1.29 is 13.3 Å². The van der Waals surface area contributed by atoms with E-state index in [0.29, 0.717) is 45.8 Å². The van der Waals surface area contributed by atoms with Crippen LogP contribution in [0, 0.1) is 0 Å². The molecule has 0 atom stereocenters. The number of hydrogen-bond donors (Lipinski definition) is 1. The summed E-state index contributed by atoms with van der Waals surface area (Å²) in [5.74, 6) is 0.746. The number of unbranched alkanes of at least 4 members (excludes halogenated alkanes) is 3. The molecule has 12 rings (SSSR count). The lowest BCUT2D eigenvalue weighted by atomic mass is 10.1. The van der Waals surface area contributed by atoms with Crippen molar-refractivity contribution in [3.63, 3.8) is 0 Å². The quantitative estimate of drug-likeness (QED) is 0.0795. The number of nitrogens with one attached hydrogen (secondary N) is 1. The van der Waals surface area contributed by atoms with Gasteiger partial charge in [-0.3, -0.25) is 57.2 Å². The molecular formula is C60H58ClN9O9. The third kappa shape index (κ3) is 12.2. The number of pyridine rings is 3. The van der Waals surface area contributed by atoms with Crippen molar-refractivity contribution in [3.05, 3.63) is 226 Å². The van der Waals surface area contributed by atoms with Gasteiger partial charge in [-0.1, -0.05) is 54.6 Å². The van der Waals surface area contributed by atoms with E-state index in [1.807, 2.05) is 73.0 Å². The lowest BCUT2D eigenvalue weighted by Gasteiger charge is -2.10. The Labute approximate surface area is 455 Å². The Balaban J connectivity index is 0.000000134. The number of fused-ring (bicyclic) bond motifs is 6. The van der Waals surface area contributed by atoms with Crippen LogP contribution < -0.4 is 33.7 Å². The fourth-order valence-corrected chi connectivity index (χ4v) is 9.75. The van der Waals surface area contributed by atoms with Gasteiger partial charge >= 0.3 is 17.1 Å². The zero-order chi connectivity index (χ0) is 55.4. The molecule has 12 aromatic rings. The van der Waals surface area contributed by atoms with Crippen molar-refractivity contribution in [3.8, 4) is 0 Å². The normalized spacial score (nSPS) is 11.2. The van der Waals surface area contributed by atoms with Gasteiger partial charge in [0.25, 0.3) is 16.7 Å². The van der Waals surface area contributed by atoms with Crippen LogP contribution in [-0.2, 0) is 53.5 Å². The van der Waals surface area contributed by atoms with Crippen LogP contribution in [-0.4, -0.2) is 48.7 Å². The molecular weight excluding hydrogens is 1030 g/mol. The highest BCUT2D eigenvalue weighted by Gasteiger charge is 2.14. The summed E-state index contributed by atoms with van der Waals surface area (Å²) < 4.78 is 23.5. The third-order valence-electron chi connectivity index (χ3n) is 13.9. The maximum atomic E-state index is 12.6. The number of hydrogen-bond acceptors (Lipinski definition) is 12. The molecule has 9 heterocycles. The summed E-state index contributed by atoms with van der Waals surface area (Å²) in [6.45, 7) is 0.805. The van der Waals surface area contributed by atoms with Crippen LogP contribution in [0.5, 0.6) is 0 Å². The molecule has 0 radical (unpaired) electrons. The summed E-state index contributed by atoms with van der Waals surface area (Å²) in [6, 6.07) is 28.9. The van der Waals surface area contributed by atoms with Crippen LogP contribution in [0.2, 0.25) is 0 Å². The lowest BCUT2D eigenvalue weighted by Crippen LogP contribution is -2.39. The molecule has 0 aliphatic carbocycles. The molecule has 0 unspecified atom stereocenters. The first-order valence-corrected chi connectivity index (χ1v) is 26.5. The number of aromatic nitrogens is 9. The molecule has 79 heavy (non-hydrogen) atoms. The third-order valence-corrected chi connectivity index (χ3v) is 14.2. The van der Waals surface area contributed by atoms with Crippen LogP contribution in [0.25, 0.3) is 65.6 Å². The summed E-state index contributed by atoms with van der Waals surface area (Å²) >= 11 is 5.64. The van der Waals surface area contributed by atoms with Crippen LogP contribution >= 0.6 is 11.6 Å². The Morgan fingerprint density at radius 2 is 0.810 bits per heavy atom. The van der Waals surface area contributed by atoms with E-state index in [2.05, 4.69) is 26.0 Å². The molecule has 9 aromatic heterocycles. The minimum atomic E-state index is -0.425. The Morgan fingerprint density at radius 1 is 0.443 bits per heavy atom. The number of furan rings is 3. The standard InChI is InChI=1S/2C20H19N3O3.C12H13ClO.C8H7N3O2/c2*1-22-17-12-21-10-9-16(17)19(24)23(20(22)25)11-5-4-6-14-13-26-18-8-3-2-7-15(14)18;13-8-4-3-5-10-9-14-12-7-2-1-6-11(10)12;1-11-6-4-9-3-2-5(6)7(12)10-8(11)13/h2*2-3,7-10,12-13H,4-6,11H2,1H3;1-2,6-7,9H,3-5,8H2;2-4H,1H3,(H,10,12,13). The van der Waals surface area contributed by atoms with E-state index < -0.39 is 5.69 Å². The molecule has 0 aliphatic heterocycles. The van der Waals surface area contributed by atoms with Crippen molar-refractivity contribution >= 4 is 77.2 Å². The predicted octanol–water partition coefficient (Wildman–Crippen LogP) is 9.34. The van der Waals surface area contributed by atoms with E-state index in [0.717, 1.165) is 102 Å². The van der Waals surface area contributed by atoms with Gasteiger partial charge in [-0.15, -0.1) is 11.6 Å². The lowest BCUT2D eigenvalue weighted by molar-refractivity contribution is 0.552. The van der Waals surface area contributed by atoms with E-state index in [4.69, 9.17) is 24.9 Å². The van der Waals surface area contributed by atoms with E-state index in [9.17, 15) is 28.8 Å². The topological polar surface area (TPSA) is 221 Å². The van der Waals surface area contributed by atoms with Gasteiger partial charge in [0.05, 0.1) is 70.1 Å². The molecule has 404 valence electrons. The average Bonchev–Trinajstić information content (AvgIpc) is 4.34. The number of rotatable bonds is 14. The second kappa shape index (κ2) is 25.3. The number of benzene rings is 3. The minimum absolute atomic E-state index is 0.251. The van der Waals surface area contributed by atoms with Gasteiger partial charge in [0.2, 0.25) is 0 Å². The van der Waals surface area contributed by atoms with Gasteiger partial charge in [0, 0.05) is 74.9 Å². The van der Waals surface area contributed by atoms with Crippen LogP contribution in [0.1, 0.15) is 55.2 Å². The van der Waals surface area contributed by atoms with Gasteiger partial charge in [-0.25, -0.2) is 14.4 Å². The number of H-pyrrole nitrogens is 1. The van der Waals surface area contributed by atoms with Crippen LogP contribution in [0.15, 0.2) is 189 Å². The highest BCUT2D eigenvalue weighted by atomic mass is 35.5. The molecule has 0 aliphatic rings. The summed E-state index contributed by atoms with van der Waals surface area (Å²) in [4.78, 5) is 86.6. The Bertz CT molecular complexity index is 4270. The van der Waals surface area contributed by atoms with Crippen LogP contribution in [0.4, 0.5) is 0 Å². The zero-order valence-electron chi connectivity index (χ0n) is 44.0. The highest BCUT2D eigenvalue weighted by molar-refractivity contribution is 6.17. The fraction of sp³-hybridized carbons (Fsp3) is 0.250.